The highest BCUT2D eigenvalue weighted by Gasteiger charge is 2.23. The van der Waals surface area contributed by atoms with Crippen LogP contribution >= 0.6 is 0 Å². The van der Waals surface area contributed by atoms with Gasteiger partial charge in [0.2, 0.25) is 0 Å². The van der Waals surface area contributed by atoms with Crippen molar-refractivity contribution in [3.05, 3.63) is 42.1 Å². The van der Waals surface area contributed by atoms with Crippen LogP contribution in [0.15, 0.2) is 36.4 Å². The lowest BCUT2D eigenvalue weighted by molar-refractivity contribution is -0.117. The van der Waals surface area contributed by atoms with Gasteiger partial charge in [0.1, 0.15) is 5.25 Å². The molecule has 4 nitrogen and oxygen atoms in total. The number of hydrogen-bond donors (Lipinski definition) is 0. The summed E-state index contributed by atoms with van der Waals surface area (Å²) < 4.78 is 22.7. The summed E-state index contributed by atoms with van der Waals surface area (Å²) in [4.78, 5) is 16.2. The number of ketones is 1. The van der Waals surface area contributed by atoms with Crippen molar-refractivity contribution >= 4 is 26.5 Å². The van der Waals surface area contributed by atoms with Gasteiger partial charge in [0.25, 0.3) is 0 Å². The van der Waals surface area contributed by atoms with E-state index in [-0.39, 0.29) is 12.2 Å². The molecular weight excluding hydrogens is 262 g/mol. The van der Waals surface area contributed by atoms with Crippen LogP contribution in [-0.2, 0) is 21.1 Å². The molecule has 1 unspecified atom stereocenters. The minimum Gasteiger partial charge on any atom is -0.298 e. The normalized spacial score (nSPS) is 13.4. The molecule has 0 saturated heterocycles. The molecule has 0 aliphatic rings. The fourth-order valence-electron chi connectivity index (χ4n) is 1.77. The molecule has 19 heavy (non-hydrogen) atoms. The SMILES string of the molecule is CC(C(=O)Cc1ccc2ccccc2n1)S(C)(=O)=O. The Morgan fingerprint density at radius 1 is 1.21 bits per heavy atom. The molecule has 0 N–H and O–H groups in total. The summed E-state index contributed by atoms with van der Waals surface area (Å²) in [7, 11) is -3.34. The van der Waals surface area contributed by atoms with Gasteiger partial charge in [-0.2, -0.15) is 0 Å². The molecule has 0 fully saturated rings. The Labute approximate surface area is 112 Å². The number of fused-ring (bicyclic) bond motifs is 1. The number of aromatic nitrogens is 1. The third kappa shape index (κ3) is 3.17. The highest BCUT2D eigenvalue weighted by molar-refractivity contribution is 7.92. The second kappa shape index (κ2) is 5.09. The van der Waals surface area contributed by atoms with Crippen molar-refractivity contribution in [1.82, 2.24) is 4.98 Å². The lowest BCUT2D eigenvalue weighted by Gasteiger charge is -2.08. The highest BCUT2D eigenvalue weighted by Crippen LogP contribution is 2.13. The van der Waals surface area contributed by atoms with E-state index in [4.69, 9.17) is 0 Å². The minimum absolute atomic E-state index is 0.0407. The van der Waals surface area contributed by atoms with Gasteiger partial charge < -0.3 is 0 Å². The van der Waals surface area contributed by atoms with Crippen molar-refractivity contribution in [3.63, 3.8) is 0 Å². The Morgan fingerprint density at radius 3 is 2.58 bits per heavy atom. The molecule has 2 rings (SSSR count). The predicted molar refractivity (Wildman–Crippen MR) is 74.8 cm³/mol. The van der Waals surface area contributed by atoms with E-state index in [0.29, 0.717) is 5.69 Å². The van der Waals surface area contributed by atoms with Gasteiger partial charge >= 0.3 is 0 Å². The number of para-hydroxylation sites is 1. The standard InChI is InChI=1S/C14H15NO3S/c1-10(19(2,17)18)14(16)9-12-8-7-11-5-3-4-6-13(11)15-12/h3-8,10H,9H2,1-2H3. The summed E-state index contributed by atoms with van der Waals surface area (Å²) >= 11 is 0. The molecule has 1 heterocycles. The molecule has 2 aromatic rings. The first-order chi connectivity index (χ1) is 8.88. The lowest BCUT2D eigenvalue weighted by atomic mass is 10.1. The van der Waals surface area contributed by atoms with Crippen molar-refractivity contribution in [2.45, 2.75) is 18.6 Å². The maximum atomic E-state index is 11.9. The molecule has 1 atom stereocenters. The van der Waals surface area contributed by atoms with E-state index in [1.807, 2.05) is 30.3 Å². The van der Waals surface area contributed by atoms with E-state index in [9.17, 15) is 13.2 Å². The first kappa shape index (κ1) is 13.7. The van der Waals surface area contributed by atoms with E-state index in [1.165, 1.54) is 6.92 Å². The predicted octanol–water partition coefficient (Wildman–Crippen LogP) is 1.78. The van der Waals surface area contributed by atoms with Gasteiger partial charge in [-0.25, -0.2) is 8.42 Å². The topological polar surface area (TPSA) is 64.1 Å². The molecule has 100 valence electrons. The first-order valence-electron chi connectivity index (χ1n) is 5.94. The molecule has 0 saturated carbocycles. The van der Waals surface area contributed by atoms with Crippen LogP contribution in [0, 0.1) is 0 Å². The quantitative estimate of drug-likeness (QED) is 0.854. The van der Waals surface area contributed by atoms with Crippen molar-refractivity contribution < 1.29 is 13.2 Å². The molecule has 0 aliphatic carbocycles. The summed E-state index contributed by atoms with van der Waals surface area (Å²) in [6.07, 6.45) is 1.11. The van der Waals surface area contributed by atoms with Gasteiger partial charge in [-0.3, -0.25) is 9.78 Å². The van der Waals surface area contributed by atoms with Crippen molar-refractivity contribution in [3.8, 4) is 0 Å². The minimum atomic E-state index is -3.34. The number of nitrogens with zero attached hydrogens (tertiary/aromatic N) is 1. The van der Waals surface area contributed by atoms with Crippen molar-refractivity contribution in [2.24, 2.45) is 0 Å². The largest absolute Gasteiger partial charge is 0.298 e. The fraction of sp³-hybridized carbons (Fsp3) is 0.286. The van der Waals surface area contributed by atoms with Gasteiger partial charge in [-0.05, 0) is 19.1 Å². The number of Topliss-reactive ketones (excluding diaryl/α,β-unsaturated/α-hetero) is 1. The first-order valence-corrected chi connectivity index (χ1v) is 7.89. The summed E-state index contributed by atoms with van der Waals surface area (Å²) in [6, 6.07) is 11.2. The Bertz CT molecular complexity index is 722. The maximum Gasteiger partial charge on any atom is 0.157 e. The fourth-order valence-corrected chi connectivity index (χ4v) is 2.33. The third-order valence-electron chi connectivity index (χ3n) is 3.11. The van der Waals surface area contributed by atoms with Crippen LogP contribution in [0.4, 0.5) is 0 Å². The van der Waals surface area contributed by atoms with Crippen molar-refractivity contribution in [2.75, 3.05) is 6.26 Å². The molecule has 0 amide bonds. The molecule has 0 aliphatic heterocycles. The molecule has 5 heteroatoms. The molecule has 1 aromatic heterocycles. The summed E-state index contributed by atoms with van der Waals surface area (Å²) in [6.45, 7) is 1.42. The van der Waals surface area contributed by atoms with E-state index < -0.39 is 15.1 Å². The van der Waals surface area contributed by atoms with Gasteiger partial charge in [-0.1, -0.05) is 24.3 Å². The Morgan fingerprint density at radius 2 is 1.89 bits per heavy atom. The van der Waals surface area contributed by atoms with Crippen LogP contribution in [0.5, 0.6) is 0 Å². The number of carbonyl (C=O) groups is 1. The monoisotopic (exact) mass is 277 g/mol. The Balaban J connectivity index is 2.24. The molecular formula is C14H15NO3S. The molecule has 0 radical (unpaired) electrons. The van der Waals surface area contributed by atoms with Crippen LogP contribution < -0.4 is 0 Å². The molecule has 1 aromatic carbocycles. The number of pyridine rings is 1. The average molecular weight is 277 g/mol. The zero-order chi connectivity index (χ0) is 14.0. The van der Waals surface area contributed by atoms with Gasteiger partial charge in [-0.15, -0.1) is 0 Å². The third-order valence-corrected chi connectivity index (χ3v) is 4.65. The van der Waals surface area contributed by atoms with E-state index >= 15 is 0 Å². The molecule has 0 bridgehead atoms. The summed E-state index contributed by atoms with van der Waals surface area (Å²) in [5.41, 5.74) is 1.40. The van der Waals surface area contributed by atoms with Crippen molar-refractivity contribution in [1.29, 1.82) is 0 Å². The summed E-state index contributed by atoms with van der Waals surface area (Å²) in [5, 5.41) is 0.00984. The van der Waals surface area contributed by atoms with Gasteiger partial charge in [0.05, 0.1) is 11.9 Å². The number of rotatable bonds is 4. The Kier molecular flexibility index (Phi) is 3.66. The Hall–Kier alpha value is -1.75. The van der Waals surface area contributed by atoms with Crippen LogP contribution in [0.25, 0.3) is 10.9 Å². The zero-order valence-electron chi connectivity index (χ0n) is 10.8. The summed E-state index contributed by atoms with van der Waals surface area (Å²) in [5.74, 6) is -0.328. The number of sulfone groups is 1. The van der Waals surface area contributed by atoms with Crippen LogP contribution in [0.1, 0.15) is 12.6 Å². The van der Waals surface area contributed by atoms with Gasteiger partial charge in [0, 0.05) is 17.3 Å². The van der Waals surface area contributed by atoms with E-state index in [1.54, 1.807) is 6.07 Å². The van der Waals surface area contributed by atoms with Crippen LogP contribution in [0.2, 0.25) is 0 Å². The number of carbonyl (C=O) groups excluding carboxylic acids is 1. The maximum absolute atomic E-state index is 11.9. The van der Waals surface area contributed by atoms with Crippen LogP contribution in [-0.4, -0.2) is 30.7 Å². The van der Waals surface area contributed by atoms with Crippen LogP contribution in [0.3, 0.4) is 0 Å². The highest BCUT2D eigenvalue weighted by atomic mass is 32.2. The smallest absolute Gasteiger partial charge is 0.157 e. The lowest BCUT2D eigenvalue weighted by Crippen LogP contribution is -2.27. The van der Waals surface area contributed by atoms with E-state index in [0.717, 1.165) is 17.2 Å². The average Bonchev–Trinajstić information content (AvgIpc) is 2.36. The van der Waals surface area contributed by atoms with E-state index in [2.05, 4.69) is 4.98 Å². The number of hydrogen-bond acceptors (Lipinski definition) is 4. The zero-order valence-corrected chi connectivity index (χ0v) is 11.6. The second-order valence-corrected chi connectivity index (χ2v) is 6.98. The molecule has 0 spiro atoms. The second-order valence-electron chi connectivity index (χ2n) is 4.61. The van der Waals surface area contributed by atoms with Gasteiger partial charge in [0.15, 0.2) is 15.6 Å². The number of benzene rings is 1.